The molecule has 2 N–H and O–H groups in total. The van der Waals surface area contributed by atoms with Crippen LogP contribution in [0.4, 0.5) is 13.2 Å². The van der Waals surface area contributed by atoms with Crippen LogP contribution in [-0.4, -0.2) is 68.4 Å². The van der Waals surface area contributed by atoms with Crippen LogP contribution in [0.5, 0.6) is 0 Å². The Hall–Kier alpha value is -2.26. The predicted octanol–water partition coefficient (Wildman–Crippen LogP) is -1.21. The third-order valence-corrected chi connectivity index (χ3v) is 9.95. The van der Waals surface area contributed by atoms with E-state index < -0.39 is 33.6 Å². The number of aryl methyl sites for hydroxylation is 3. The van der Waals surface area contributed by atoms with Crippen molar-refractivity contribution in [2.45, 2.75) is 49.5 Å². The Balaban J connectivity index is 0.000000497. The summed E-state index contributed by atoms with van der Waals surface area (Å²) in [7, 11) is -4.04. The summed E-state index contributed by atoms with van der Waals surface area (Å²) in [6.07, 6.45) is 8.21. The van der Waals surface area contributed by atoms with Crippen LogP contribution in [0.15, 0.2) is 47.6 Å². The van der Waals surface area contributed by atoms with Gasteiger partial charge in [0, 0.05) is 23.6 Å². The van der Waals surface area contributed by atoms with Gasteiger partial charge >= 0.3 is 11.5 Å². The fraction of sp³-hybridized carbons (Fsp3) is 0.440. The van der Waals surface area contributed by atoms with Crippen LogP contribution >= 0.6 is 23.1 Å². The second-order valence-corrected chi connectivity index (χ2v) is 13.1. The summed E-state index contributed by atoms with van der Waals surface area (Å²) in [5, 5.41) is 21.2. The Morgan fingerprint density at radius 1 is 1.30 bits per heavy atom. The molecule has 0 aromatic carbocycles. The Bertz CT molecular complexity index is 1690. The second kappa shape index (κ2) is 13.0. The molecule has 3 aromatic rings. The molecule has 0 spiro atoms. The average Bonchev–Trinajstić information content (AvgIpc) is 3.49. The molecule has 4 atom stereocenters. The van der Waals surface area contributed by atoms with E-state index in [4.69, 9.17) is 13.0 Å². The number of aliphatic carboxylic acids is 1. The molecule has 18 heteroatoms. The van der Waals surface area contributed by atoms with Crippen LogP contribution in [-0.2, 0) is 39.7 Å². The van der Waals surface area contributed by atoms with E-state index in [-0.39, 0.29) is 47.5 Å². The normalized spacial score (nSPS) is 20.7. The van der Waals surface area contributed by atoms with Gasteiger partial charge in [-0.2, -0.15) is 17.6 Å². The summed E-state index contributed by atoms with van der Waals surface area (Å²) in [6.45, 7) is 4.38. The quantitative estimate of drug-likeness (QED) is 0.0760. The maximum atomic E-state index is 12.7. The molecule has 0 radical (unpaired) electrons. The van der Waals surface area contributed by atoms with Gasteiger partial charge in [-0.05, 0) is 13.2 Å². The van der Waals surface area contributed by atoms with E-state index in [2.05, 4.69) is 25.9 Å². The predicted molar refractivity (Wildman–Crippen MR) is 144 cm³/mol. The molecule has 236 valence electrons. The lowest BCUT2D eigenvalue weighted by Gasteiger charge is -2.46. The lowest BCUT2D eigenvalue weighted by molar-refractivity contribution is -0.679. The number of β-lactam (4-membered cyclic amide) rings is 1. The van der Waals surface area contributed by atoms with Gasteiger partial charge in [-0.3, -0.25) is 4.79 Å². The summed E-state index contributed by atoms with van der Waals surface area (Å²) < 4.78 is 65.3. The van der Waals surface area contributed by atoms with Crippen molar-refractivity contribution in [2.75, 3.05) is 6.26 Å². The van der Waals surface area contributed by atoms with Gasteiger partial charge in [0.1, 0.15) is 25.5 Å². The molecule has 3 aromatic heterocycles. The van der Waals surface area contributed by atoms with Gasteiger partial charge in [-0.25, -0.2) is 22.3 Å². The number of carboxylic acid groups (broad SMARTS) is 1. The van der Waals surface area contributed by atoms with Gasteiger partial charge in [-0.1, -0.05) is 36.1 Å². The minimum Gasteiger partial charge on any atom is -1.00 e. The van der Waals surface area contributed by atoms with Crippen LogP contribution in [0.1, 0.15) is 24.4 Å². The number of carbonyl (C=O) groups is 2. The molecule has 0 unspecified atom stereocenters. The number of halogens is 4. The van der Waals surface area contributed by atoms with Gasteiger partial charge in [0.05, 0.1) is 29.4 Å². The monoisotopic (exact) mass is 776 g/mol. The van der Waals surface area contributed by atoms with Crippen molar-refractivity contribution < 1.29 is 78.9 Å². The fourth-order valence-corrected chi connectivity index (χ4v) is 7.57. The fourth-order valence-electron chi connectivity index (χ4n) is 5.37. The van der Waals surface area contributed by atoms with E-state index in [0.29, 0.717) is 5.57 Å². The molecule has 2 aliphatic rings. The third-order valence-electron chi connectivity index (χ3n) is 7.29. The van der Waals surface area contributed by atoms with Crippen molar-refractivity contribution >= 4 is 55.5 Å². The molecule has 5 rings (SSSR count). The van der Waals surface area contributed by atoms with E-state index in [1.165, 1.54) is 10.6 Å². The van der Waals surface area contributed by atoms with Gasteiger partial charge in [0.2, 0.25) is 15.8 Å². The maximum absolute atomic E-state index is 12.7. The van der Waals surface area contributed by atoms with E-state index >= 15 is 0 Å². The number of pyridine rings is 1. The number of carbonyl (C=O) groups excluding carboxylic acids is 1. The zero-order valence-corrected chi connectivity index (χ0v) is 27.8. The number of thioether (sulfide) groups is 1. The first-order valence-corrected chi connectivity index (χ1v) is 16.0. The van der Waals surface area contributed by atoms with E-state index in [0.717, 1.165) is 27.7 Å². The van der Waals surface area contributed by atoms with Crippen LogP contribution in [0.25, 0.3) is 10.4 Å². The molecular formula is C25H28F3IN4O7S3. The highest BCUT2D eigenvalue weighted by atomic mass is 127. The Morgan fingerprint density at radius 2 is 1.93 bits per heavy atom. The number of carboxylic acids is 1. The number of imidazole rings is 1. The van der Waals surface area contributed by atoms with Crippen molar-refractivity contribution in [1.29, 1.82) is 0 Å². The molecule has 1 amide bonds. The molecule has 1 fully saturated rings. The van der Waals surface area contributed by atoms with Crippen molar-refractivity contribution in [3.8, 4) is 0 Å². The van der Waals surface area contributed by atoms with E-state index in [9.17, 15) is 33.0 Å². The topological polar surface area (TPSA) is 148 Å². The maximum Gasteiger partial charge on any atom is 0.485 e. The average molecular weight is 777 g/mol. The smallest absolute Gasteiger partial charge is 0.485 e. The van der Waals surface area contributed by atoms with Crippen molar-refractivity contribution in [2.24, 2.45) is 18.9 Å². The highest BCUT2D eigenvalue weighted by Gasteiger charge is 2.60. The minimum atomic E-state index is -6.09. The number of thiazole rings is 1. The molecule has 5 heterocycles. The van der Waals surface area contributed by atoms with Gasteiger partial charge in [-0.15, -0.1) is 0 Å². The summed E-state index contributed by atoms with van der Waals surface area (Å²) in [4.78, 5) is 28.1. The lowest BCUT2D eigenvalue weighted by Crippen LogP contribution is -3.00. The lowest BCUT2D eigenvalue weighted by atomic mass is 9.77. The summed E-state index contributed by atoms with van der Waals surface area (Å²) in [5.41, 5.74) is -3.67. The van der Waals surface area contributed by atoms with Gasteiger partial charge in [0.15, 0.2) is 22.0 Å². The van der Waals surface area contributed by atoms with Crippen molar-refractivity contribution in [3.63, 3.8) is 0 Å². The number of alkyl halides is 3. The number of hydrogen-bond acceptors (Lipinski definition) is 8. The van der Waals surface area contributed by atoms with Crippen LogP contribution in [0, 0.1) is 11.8 Å². The molecule has 1 saturated heterocycles. The molecule has 11 nitrogen and oxygen atoms in total. The molecule has 0 bridgehead atoms. The standard InChI is InChI=1S/C24H27N4O4S2.CHF3O3S.HI/c1-13-17(20(24(31)32)28-19(13)18(14(2)29)21(28)30)16-11-27-12-26(22(33-4)23(27)34-16)10-8-15-7-5-6-9-25(15)3;2-1(3,4)8(5,6)7;/h5-7,9,11-14,18-19,29H,8,10H2,1-4H3;(H,5,6,7);1H/q+1;;/p-1/t13-,14+,18+,19+;;/m0../s1. The SMILES string of the molecule is CSc1c2sc(C3=C(C(=O)O)N4C(=O)[C@H]([C@@H](C)O)[C@H]4[C@H]3C)c[n+]2cn1CCc1cccc[n+]1C.O=S(=O)([O-])C(F)(F)F.[I-]. The van der Waals surface area contributed by atoms with E-state index in [1.807, 2.05) is 44.8 Å². The summed E-state index contributed by atoms with van der Waals surface area (Å²) >= 11 is 3.22. The Labute approximate surface area is 270 Å². The summed E-state index contributed by atoms with van der Waals surface area (Å²) in [6, 6.07) is 5.88. The first-order chi connectivity index (χ1) is 19.5. The van der Waals surface area contributed by atoms with Crippen molar-refractivity contribution in [1.82, 2.24) is 9.47 Å². The number of amides is 1. The third kappa shape index (κ3) is 6.58. The molecular weight excluding hydrogens is 748 g/mol. The first kappa shape index (κ1) is 35.2. The number of aliphatic hydroxyl groups is 1. The Morgan fingerprint density at radius 3 is 2.44 bits per heavy atom. The van der Waals surface area contributed by atoms with E-state index in [1.54, 1.807) is 30.0 Å². The zero-order valence-electron chi connectivity index (χ0n) is 23.1. The highest BCUT2D eigenvalue weighted by Crippen LogP contribution is 2.51. The summed E-state index contributed by atoms with van der Waals surface area (Å²) in [5.74, 6) is -2.14. The highest BCUT2D eigenvalue weighted by molar-refractivity contribution is 7.98. The zero-order chi connectivity index (χ0) is 31.3. The second-order valence-electron chi connectivity index (χ2n) is 9.90. The minimum absolute atomic E-state index is 0. The number of hydrogen-bond donors (Lipinski definition) is 2. The largest absolute Gasteiger partial charge is 1.00 e. The van der Waals surface area contributed by atoms with Crippen LogP contribution in [0.2, 0.25) is 0 Å². The molecule has 0 saturated carbocycles. The van der Waals surface area contributed by atoms with Gasteiger partial charge < -0.3 is 43.6 Å². The molecule has 0 aliphatic carbocycles. The molecule has 2 aliphatic heterocycles. The number of aromatic nitrogens is 3. The van der Waals surface area contributed by atoms with Crippen LogP contribution < -0.4 is 32.9 Å². The van der Waals surface area contributed by atoms with Crippen LogP contribution in [0.3, 0.4) is 0 Å². The van der Waals surface area contributed by atoms with Gasteiger partial charge in [0.25, 0.3) is 6.33 Å². The first-order valence-electron chi connectivity index (χ1n) is 12.5. The van der Waals surface area contributed by atoms with Crippen molar-refractivity contribution in [3.05, 3.63) is 53.2 Å². The number of rotatable bonds is 7. The number of nitrogens with zero attached hydrogens (tertiary/aromatic N) is 4. The Kier molecular flexibility index (Phi) is 10.6. The number of aliphatic hydroxyl groups excluding tert-OH is 1. The molecule has 43 heavy (non-hydrogen) atoms. The number of fused-ring (bicyclic) bond motifs is 2.